The van der Waals surface area contributed by atoms with Crippen LogP contribution in [0.1, 0.15) is 46.5 Å². The van der Waals surface area contributed by atoms with Crippen LogP contribution in [0.3, 0.4) is 0 Å². The molecule has 0 unspecified atom stereocenters. The smallest absolute Gasteiger partial charge is 0.407 e. The predicted molar refractivity (Wildman–Crippen MR) is 71.9 cm³/mol. The van der Waals surface area contributed by atoms with Crippen molar-refractivity contribution in [1.82, 2.24) is 5.32 Å². The molecule has 1 N–H and O–H groups in total. The Hall–Kier alpha value is 0. The van der Waals surface area contributed by atoms with Crippen LogP contribution in [0.15, 0.2) is 0 Å². The zero-order chi connectivity index (χ0) is 12.0. The number of alkyl carbamates (subject to hydrolysis) is 1. The molecular formula is C12H20INO2. The molecule has 0 radical (unpaired) electrons. The van der Waals surface area contributed by atoms with Gasteiger partial charge in [0.1, 0.15) is 5.60 Å². The molecule has 0 aromatic heterocycles. The molecule has 3 aliphatic carbocycles. The number of carbonyl (C=O) groups is 1. The normalized spacial score (nSPS) is 36.0. The van der Waals surface area contributed by atoms with Crippen molar-refractivity contribution in [3.63, 3.8) is 0 Å². The van der Waals surface area contributed by atoms with Gasteiger partial charge in [-0.05, 0) is 51.9 Å². The highest BCUT2D eigenvalue weighted by atomic mass is 127. The average molecular weight is 337 g/mol. The first-order chi connectivity index (χ1) is 7.22. The van der Waals surface area contributed by atoms with Crippen molar-refractivity contribution < 1.29 is 9.53 Å². The Morgan fingerprint density at radius 3 is 2.38 bits per heavy atom. The van der Waals surface area contributed by atoms with Crippen LogP contribution >= 0.6 is 22.6 Å². The number of halogens is 1. The molecule has 0 atom stereocenters. The first-order valence-corrected chi connectivity index (χ1v) is 6.96. The number of nitrogens with one attached hydrogen (secondary N) is 1. The fourth-order valence-electron chi connectivity index (χ4n) is 2.87. The second kappa shape index (κ2) is 3.75. The van der Waals surface area contributed by atoms with E-state index in [0.29, 0.717) is 8.84 Å². The number of rotatable bonds is 3. The van der Waals surface area contributed by atoms with Crippen LogP contribution in [0.2, 0.25) is 0 Å². The van der Waals surface area contributed by atoms with E-state index < -0.39 is 5.60 Å². The standard InChI is InChI=1S/C12H20INO2/c1-10(2,3)16-9(15)14-5-4-11-6-12(13,7-11)8-11/h4-8H2,1-3H3,(H,14,15). The Morgan fingerprint density at radius 2 is 1.94 bits per heavy atom. The number of hydrogen-bond donors (Lipinski definition) is 1. The van der Waals surface area contributed by atoms with Crippen LogP contribution in [0.5, 0.6) is 0 Å². The van der Waals surface area contributed by atoms with Gasteiger partial charge in [0.2, 0.25) is 0 Å². The molecule has 2 bridgehead atoms. The molecule has 16 heavy (non-hydrogen) atoms. The summed E-state index contributed by atoms with van der Waals surface area (Å²) in [6.07, 6.45) is 4.85. The van der Waals surface area contributed by atoms with Crippen LogP contribution in [0.25, 0.3) is 0 Å². The van der Waals surface area contributed by atoms with E-state index in [1.807, 2.05) is 20.8 Å². The van der Waals surface area contributed by atoms with E-state index in [4.69, 9.17) is 4.74 Å². The SMILES string of the molecule is CC(C)(C)OC(=O)NCCC12CC(I)(C1)C2. The van der Waals surface area contributed by atoms with E-state index in [-0.39, 0.29) is 6.09 Å². The summed E-state index contributed by atoms with van der Waals surface area (Å²) in [7, 11) is 0. The number of carbonyl (C=O) groups excluding carboxylic acids is 1. The lowest BCUT2D eigenvalue weighted by molar-refractivity contribution is -0.0686. The predicted octanol–water partition coefficient (Wildman–Crippen LogP) is 3.26. The Balaban J connectivity index is 1.60. The van der Waals surface area contributed by atoms with Crippen molar-refractivity contribution in [3.05, 3.63) is 0 Å². The van der Waals surface area contributed by atoms with Crippen molar-refractivity contribution in [3.8, 4) is 0 Å². The molecule has 3 nitrogen and oxygen atoms in total. The van der Waals surface area contributed by atoms with Gasteiger partial charge in [-0.3, -0.25) is 0 Å². The summed E-state index contributed by atoms with van der Waals surface area (Å²) in [5.74, 6) is 0. The maximum Gasteiger partial charge on any atom is 0.407 e. The molecule has 92 valence electrons. The van der Waals surface area contributed by atoms with Gasteiger partial charge in [0.15, 0.2) is 0 Å². The van der Waals surface area contributed by atoms with Crippen molar-refractivity contribution in [1.29, 1.82) is 0 Å². The van der Waals surface area contributed by atoms with Crippen molar-refractivity contribution in [2.75, 3.05) is 6.54 Å². The van der Waals surface area contributed by atoms with Crippen molar-refractivity contribution in [2.45, 2.75) is 55.5 Å². The minimum Gasteiger partial charge on any atom is -0.444 e. The molecule has 0 aromatic carbocycles. The van der Waals surface area contributed by atoms with Crippen molar-refractivity contribution >= 4 is 28.7 Å². The molecule has 3 fully saturated rings. The van der Waals surface area contributed by atoms with Crippen LogP contribution in [-0.4, -0.2) is 21.7 Å². The Morgan fingerprint density at radius 1 is 1.38 bits per heavy atom. The third-order valence-electron chi connectivity index (χ3n) is 3.40. The highest BCUT2D eigenvalue weighted by Crippen LogP contribution is 2.73. The highest BCUT2D eigenvalue weighted by Gasteiger charge is 2.65. The molecule has 0 aromatic rings. The Kier molecular flexibility index (Phi) is 2.92. The van der Waals surface area contributed by atoms with Gasteiger partial charge in [-0.2, -0.15) is 0 Å². The lowest BCUT2D eigenvalue weighted by atomic mass is 9.43. The summed E-state index contributed by atoms with van der Waals surface area (Å²) in [6, 6.07) is 0. The summed E-state index contributed by atoms with van der Waals surface area (Å²) in [5.41, 5.74) is 0.170. The molecule has 4 heteroatoms. The summed E-state index contributed by atoms with van der Waals surface area (Å²) < 4.78 is 5.81. The molecule has 0 aliphatic heterocycles. The van der Waals surface area contributed by atoms with Gasteiger partial charge in [0, 0.05) is 9.97 Å². The van der Waals surface area contributed by atoms with Crippen LogP contribution < -0.4 is 5.32 Å². The third-order valence-corrected chi connectivity index (χ3v) is 4.54. The fourth-order valence-corrected chi connectivity index (χ4v) is 5.30. The third kappa shape index (κ3) is 2.63. The quantitative estimate of drug-likeness (QED) is 0.634. The van der Waals surface area contributed by atoms with Gasteiger partial charge in [-0.25, -0.2) is 4.79 Å². The maximum atomic E-state index is 11.4. The van der Waals surface area contributed by atoms with E-state index in [9.17, 15) is 4.79 Å². The molecule has 3 rings (SSSR count). The van der Waals surface area contributed by atoms with Crippen molar-refractivity contribution in [2.24, 2.45) is 5.41 Å². The maximum absolute atomic E-state index is 11.4. The number of ether oxygens (including phenoxy) is 1. The summed E-state index contributed by atoms with van der Waals surface area (Å²) >= 11 is 2.57. The fraction of sp³-hybridized carbons (Fsp3) is 0.917. The summed E-state index contributed by atoms with van der Waals surface area (Å²) in [5, 5.41) is 2.84. The van der Waals surface area contributed by atoms with E-state index >= 15 is 0 Å². The Bertz CT molecular complexity index is 289. The molecular weight excluding hydrogens is 317 g/mol. The highest BCUT2D eigenvalue weighted by molar-refractivity contribution is 14.1. The van der Waals surface area contributed by atoms with Gasteiger partial charge in [-0.1, -0.05) is 22.6 Å². The molecule has 0 saturated heterocycles. The lowest BCUT2D eigenvalue weighted by Crippen LogP contribution is -2.63. The minimum absolute atomic E-state index is 0.289. The number of amides is 1. The monoisotopic (exact) mass is 337 g/mol. The number of alkyl halides is 1. The van der Waals surface area contributed by atoms with E-state index in [1.165, 1.54) is 19.3 Å². The molecule has 3 saturated carbocycles. The topological polar surface area (TPSA) is 38.3 Å². The second-order valence-electron chi connectivity index (χ2n) is 6.36. The zero-order valence-electron chi connectivity index (χ0n) is 10.2. The van der Waals surface area contributed by atoms with E-state index in [1.54, 1.807) is 0 Å². The van der Waals surface area contributed by atoms with Gasteiger partial charge >= 0.3 is 6.09 Å². The molecule has 0 heterocycles. The molecule has 0 spiro atoms. The van der Waals surface area contributed by atoms with Gasteiger partial charge in [-0.15, -0.1) is 0 Å². The Labute approximate surface area is 111 Å². The van der Waals surface area contributed by atoms with Gasteiger partial charge in [0.25, 0.3) is 0 Å². The summed E-state index contributed by atoms with van der Waals surface area (Å²) in [4.78, 5) is 11.4. The minimum atomic E-state index is -0.396. The van der Waals surface area contributed by atoms with Crippen LogP contribution in [-0.2, 0) is 4.74 Å². The van der Waals surface area contributed by atoms with Crippen LogP contribution in [0, 0.1) is 5.41 Å². The van der Waals surface area contributed by atoms with Gasteiger partial charge in [0.05, 0.1) is 0 Å². The van der Waals surface area contributed by atoms with Crippen LogP contribution in [0.4, 0.5) is 4.79 Å². The second-order valence-corrected chi connectivity index (χ2v) is 8.65. The van der Waals surface area contributed by atoms with E-state index in [0.717, 1.165) is 13.0 Å². The van der Waals surface area contributed by atoms with E-state index in [2.05, 4.69) is 27.9 Å². The molecule has 3 aliphatic rings. The average Bonchev–Trinajstić information content (AvgIpc) is 1.95. The molecule has 1 amide bonds. The lowest BCUT2D eigenvalue weighted by Gasteiger charge is -2.68. The number of hydrogen-bond acceptors (Lipinski definition) is 2. The first kappa shape index (κ1) is 12.5. The largest absolute Gasteiger partial charge is 0.444 e. The first-order valence-electron chi connectivity index (χ1n) is 5.88. The zero-order valence-corrected chi connectivity index (χ0v) is 12.4. The summed E-state index contributed by atoms with van der Waals surface area (Å²) in [6.45, 7) is 6.40. The van der Waals surface area contributed by atoms with Gasteiger partial charge < -0.3 is 10.1 Å².